The van der Waals surface area contributed by atoms with Crippen LogP contribution >= 0.6 is 0 Å². The number of ether oxygens (including phenoxy) is 4. The summed E-state index contributed by atoms with van der Waals surface area (Å²) in [6, 6.07) is 0. The molecule has 0 aromatic rings. The first-order valence-corrected chi connectivity index (χ1v) is 7.71. The Hall–Kier alpha value is -0.850. The van der Waals surface area contributed by atoms with Gasteiger partial charge in [-0.05, 0) is 25.7 Å². The van der Waals surface area contributed by atoms with Crippen LogP contribution in [-0.4, -0.2) is 57.0 Å². The molecule has 0 aromatic heterocycles. The van der Waals surface area contributed by atoms with Gasteiger partial charge in [-0.1, -0.05) is 20.3 Å². The third-order valence-electron chi connectivity index (χ3n) is 3.09. The van der Waals surface area contributed by atoms with Crippen molar-refractivity contribution < 1.29 is 28.8 Å². The van der Waals surface area contributed by atoms with Gasteiger partial charge in [0.1, 0.15) is 6.61 Å². The summed E-state index contributed by atoms with van der Waals surface area (Å²) in [7, 11) is 1.64. The van der Waals surface area contributed by atoms with Crippen LogP contribution in [0, 0.1) is 0 Å². The minimum absolute atomic E-state index is 0.0461. The SMILES string of the molecule is CCCCOC(CC)COC(CCCOC)COC(=O)O. The lowest BCUT2D eigenvalue weighted by atomic mass is 10.2. The van der Waals surface area contributed by atoms with Gasteiger partial charge in [0.25, 0.3) is 0 Å². The second kappa shape index (κ2) is 14.1. The number of hydrogen-bond donors (Lipinski definition) is 1. The lowest BCUT2D eigenvalue weighted by Gasteiger charge is -2.21. The van der Waals surface area contributed by atoms with Crippen molar-refractivity contribution in [3.63, 3.8) is 0 Å². The number of unbranched alkanes of at least 4 members (excludes halogenated alkanes) is 1. The Labute approximate surface area is 127 Å². The van der Waals surface area contributed by atoms with Gasteiger partial charge in [-0.2, -0.15) is 0 Å². The van der Waals surface area contributed by atoms with Gasteiger partial charge in [0.15, 0.2) is 0 Å². The van der Waals surface area contributed by atoms with Gasteiger partial charge in [-0.25, -0.2) is 4.79 Å². The minimum atomic E-state index is -1.28. The van der Waals surface area contributed by atoms with Crippen molar-refractivity contribution in [3.05, 3.63) is 0 Å². The van der Waals surface area contributed by atoms with Crippen molar-refractivity contribution >= 4 is 6.16 Å². The Morgan fingerprint density at radius 1 is 1.05 bits per heavy atom. The van der Waals surface area contributed by atoms with E-state index < -0.39 is 6.16 Å². The van der Waals surface area contributed by atoms with Crippen molar-refractivity contribution in [1.82, 2.24) is 0 Å². The molecule has 0 saturated heterocycles. The number of carboxylic acid groups (broad SMARTS) is 1. The first kappa shape index (κ1) is 20.1. The molecular formula is C15H30O6. The predicted molar refractivity (Wildman–Crippen MR) is 79.8 cm³/mol. The van der Waals surface area contributed by atoms with Crippen LogP contribution in [0.5, 0.6) is 0 Å². The largest absolute Gasteiger partial charge is 0.505 e. The van der Waals surface area contributed by atoms with Gasteiger partial charge in [-0.3, -0.25) is 0 Å². The molecule has 6 heteroatoms. The summed E-state index contributed by atoms with van der Waals surface area (Å²) in [6.07, 6.45) is 3.03. The van der Waals surface area contributed by atoms with Gasteiger partial charge in [0.2, 0.25) is 0 Å². The molecule has 0 aliphatic rings. The molecule has 0 saturated carbocycles. The smallest absolute Gasteiger partial charge is 0.450 e. The summed E-state index contributed by atoms with van der Waals surface area (Å²) < 4.78 is 21.1. The molecular weight excluding hydrogens is 276 g/mol. The van der Waals surface area contributed by atoms with Gasteiger partial charge in [0, 0.05) is 20.3 Å². The second-order valence-corrected chi connectivity index (χ2v) is 4.92. The van der Waals surface area contributed by atoms with Crippen molar-refractivity contribution in [2.45, 2.75) is 58.2 Å². The molecule has 2 unspecified atom stereocenters. The maximum atomic E-state index is 10.5. The highest BCUT2D eigenvalue weighted by Gasteiger charge is 2.15. The monoisotopic (exact) mass is 306 g/mol. The summed E-state index contributed by atoms with van der Waals surface area (Å²) >= 11 is 0. The highest BCUT2D eigenvalue weighted by Crippen LogP contribution is 2.08. The highest BCUT2D eigenvalue weighted by atomic mass is 16.7. The predicted octanol–water partition coefficient (Wildman–Crippen LogP) is 3.09. The Morgan fingerprint density at radius 2 is 1.81 bits per heavy atom. The Bertz CT molecular complexity index is 246. The molecule has 126 valence electrons. The molecule has 0 bridgehead atoms. The zero-order valence-corrected chi connectivity index (χ0v) is 13.5. The summed E-state index contributed by atoms with van der Waals surface area (Å²) in [5.41, 5.74) is 0. The van der Waals surface area contributed by atoms with Crippen LogP contribution in [0.2, 0.25) is 0 Å². The van der Waals surface area contributed by atoms with Crippen LogP contribution in [0.3, 0.4) is 0 Å². The summed E-state index contributed by atoms with van der Waals surface area (Å²) in [5, 5.41) is 8.57. The van der Waals surface area contributed by atoms with Gasteiger partial charge >= 0.3 is 6.16 Å². The molecule has 0 heterocycles. The first-order valence-electron chi connectivity index (χ1n) is 7.71. The van der Waals surface area contributed by atoms with E-state index in [2.05, 4.69) is 11.7 Å². The molecule has 0 fully saturated rings. The van der Waals surface area contributed by atoms with Gasteiger partial charge in [0.05, 0.1) is 18.8 Å². The maximum Gasteiger partial charge on any atom is 0.505 e. The normalized spacial score (nSPS) is 13.9. The average molecular weight is 306 g/mol. The summed E-state index contributed by atoms with van der Waals surface area (Å²) in [4.78, 5) is 10.5. The minimum Gasteiger partial charge on any atom is -0.450 e. The lowest BCUT2D eigenvalue weighted by Crippen LogP contribution is -2.28. The van der Waals surface area contributed by atoms with Crippen LogP contribution in [0.4, 0.5) is 4.79 Å². The molecule has 0 aromatic carbocycles. The molecule has 0 spiro atoms. The van der Waals surface area contributed by atoms with Crippen LogP contribution in [0.1, 0.15) is 46.0 Å². The number of carbonyl (C=O) groups is 1. The van der Waals surface area contributed by atoms with E-state index in [4.69, 9.17) is 19.3 Å². The van der Waals surface area contributed by atoms with Crippen LogP contribution in [-0.2, 0) is 18.9 Å². The second-order valence-electron chi connectivity index (χ2n) is 4.92. The van der Waals surface area contributed by atoms with E-state index in [1.54, 1.807) is 7.11 Å². The Kier molecular flexibility index (Phi) is 13.5. The molecule has 21 heavy (non-hydrogen) atoms. The number of hydrogen-bond acceptors (Lipinski definition) is 5. The fraction of sp³-hybridized carbons (Fsp3) is 0.933. The van der Waals surface area contributed by atoms with E-state index in [0.29, 0.717) is 19.6 Å². The fourth-order valence-corrected chi connectivity index (χ4v) is 1.76. The molecule has 0 radical (unpaired) electrons. The molecule has 1 N–H and O–H groups in total. The van der Waals surface area contributed by atoms with E-state index in [0.717, 1.165) is 32.3 Å². The van der Waals surface area contributed by atoms with Crippen LogP contribution in [0.15, 0.2) is 0 Å². The topological polar surface area (TPSA) is 74.2 Å². The Morgan fingerprint density at radius 3 is 2.38 bits per heavy atom. The van der Waals surface area contributed by atoms with Crippen LogP contribution in [0.25, 0.3) is 0 Å². The zero-order valence-electron chi connectivity index (χ0n) is 13.5. The molecule has 0 aliphatic heterocycles. The molecule has 0 aliphatic carbocycles. The van der Waals surface area contributed by atoms with E-state index in [9.17, 15) is 4.79 Å². The maximum absolute atomic E-state index is 10.5. The van der Waals surface area contributed by atoms with E-state index in [1.165, 1.54) is 0 Å². The van der Waals surface area contributed by atoms with E-state index >= 15 is 0 Å². The van der Waals surface area contributed by atoms with Crippen molar-refractivity contribution in [3.8, 4) is 0 Å². The summed E-state index contributed by atoms with van der Waals surface area (Å²) in [6.45, 7) is 6.03. The molecule has 2 atom stereocenters. The van der Waals surface area contributed by atoms with E-state index in [1.807, 2.05) is 6.92 Å². The first-order chi connectivity index (χ1) is 10.1. The fourth-order valence-electron chi connectivity index (χ4n) is 1.76. The summed E-state index contributed by atoms with van der Waals surface area (Å²) in [5.74, 6) is 0. The van der Waals surface area contributed by atoms with Crippen LogP contribution < -0.4 is 0 Å². The molecule has 0 amide bonds. The third-order valence-corrected chi connectivity index (χ3v) is 3.09. The molecule has 6 nitrogen and oxygen atoms in total. The van der Waals surface area contributed by atoms with Crippen molar-refractivity contribution in [1.29, 1.82) is 0 Å². The number of methoxy groups -OCH3 is 1. The Balaban J connectivity index is 4.06. The standard InChI is InChI=1S/C15H30O6/c1-4-6-10-19-13(5-2)11-20-14(8-7-9-18-3)12-21-15(16)17/h13-14H,4-12H2,1-3H3,(H,16,17). The number of rotatable bonds is 14. The van der Waals surface area contributed by atoms with Gasteiger partial charge < -0.3 is 24.1 Å². The van der Waals surface area contributed by atoms with Gasteiger partial charge in [-0.15, -0.1) is 0 Å². The van der Waals surface area contributed by atoms with E-state index in [-0.39, 0.29) is 18.8 Å². The average Bonchev–Trinajstić information content (AvgIpc) is 2.47. The zero-order chi connectivity index (χ0) is 15.9. The quantitative estimate of drug-likeness (QED) is 0.393. The lowest BCUT2D eigenvalue weighted by molar-refractivity contribution is -0.0680. The van der Waals surface area contributed by atoms with Crippen molar-refractivity contribution in [2.24, 2.45) is 0 Å². The highest BCUT2D eigenvalue weighted by molar-refractivity contribution is 5.56. The van der Waals surface area contributed by atoms with Crippen molar-refractivity contribution in [2.75, 3.05) is 33.5 Å². The third kappa shape index (κ3) is 12.6. The molecule has 0 rings (SSSR count).